The van der Waals surface area contributed by atoms with E-state index in [1.165, 1.54) is 0 Å². The van der Waals surface area contributed by atoms with Gasteiger partial charge >= 0.3 is 5.97 Å². The van der Waals surface area contributed by atoms with Gasteiger partial charge in [-0.3, -0.25) is 4.79 Å². The molecule has 0 radical (unpaired) electrons. The minimum atomic E-state index is -0.914. The van der Waals surface area contributed by atoms with Crippen molar-refractivity contribution in [3.05, 3.63) is 88.6 Å². The molecule has 1 aromatic heterocycles. The molecule has 3 aromatic carbocycles. The second-order valence-electron chi connectivity index (χ2n) is 6.93. The van der Waals surface area contributed by atoms with Crippen molar-refractivity contribution >= 4 is 27.4 Å². The predicted molar refractivity (Wildman–Crippen MR) is 117 cm³/mol. The zero-order chi connectivity index (χ0) is 21.1. The largest absolute Gasteiger partial charge is 0.489 e. The Balaban J connectivity index is 1.70. The van der Waals surface area contributed by atoms with Crippen molar-refractivity contribution in [1.82, 2.24) is 0 Å². The van der Waals surface area contributed by atoms with Gasteiger partial charge in [0, 0.05) is 33.5 Å². The van der Waals surface area contributed by atoms with Crippen molar-refractivity contribution in [3.63, 3.8) is 0 Å². The molecule has 0 saturated heterocycles. The second kappa shape index (κ2) is 8.65. The van der Waals surface area contributed by atoms with E-state index < -0.39 is 5.97 Å². The van der Waals surface area contributed by atoms with Crippen LogP contribution in [0.4, 0.5) is 4.39 Å². The fraction of sp³-hybridized carbons (Fsp3) is 0.125. The molecular weight excluding hydrogens is 401 g/mol. The van der Waals surface area contributed by atoms with Gasteiger partial charge in [0.15, 0.2) is 0 Å². The number of carboxylic acids is 1. The van der Waals surface area contributed by atoms with Crippen molar-refractivity contribution in [2.24, 2.45) is 5.73 Å². The number of thiophene rings is 1. The topological polar surface area (TPSA) is 72.5 Å². The van der Waals surface area contributed by atoms with E-state index in [1.807, 2.05) is 35.7 Å². The van der Waals surface area contributed by atoms with Gasteiger partial charge in [-0.2, -0.15) is 0 Å². The Morgan fingerprint density at radius 1 is 1.03 bits per heavy atom. The second-order valence-corrected chi connectivity index (χ2v) is 7.85. The molecular formula is C24H20FNO3S. The summed E-state index contributed by atoms with van der Waals surface area (Å²) in [6.07, 6.45) is -0.109. The number of carboxylic acid groups (broad SMARTS) is 1. The zero-order valence-electron chi connectivity index (χ0n) is 16.1. The summed E-state index contributed by atoms with van der Waals surface area (Å²) < 4.78 is 21.9. The van der Waals surface area contributed by atoms with Gasteiger partial charge in [-0.25, -0.2) is 4.39 Å². The molecule has 6 heteroatoms. The van der Waals surface area contributed by atoms with Crippen LogP contribution in [-0.2, 0) is 24.4 Å². The van der Waals surface area contributed by atoms with Crippen LogP contribution in [0.1, 0.15) is 16.7 Å². The Bertz CT molecular complexity index is 1220. The van der Waals surface area contributed by atoms with Gasteiger partial charge in [-0.15, -0.1) is 11.3 Å². The van der Waals surface area contributed by atoms with Crippen molar-refractivity contribution in [2.45, 2.75) is 19.6 Å². The quantitative estimate of drug-likeness (QED) is 0.421. The lowest BCUT2D eigenvalue weighted by atomic mass is 9.98. The number of ether oxygens (including phenoxy) is 1. The van der Waals surface area contributed by atoms with Crippen LogP contribution in [0.25, 0.3) is 21.2 Å². The lowest BCUT2D eigenvalue weighted by Crippen LogP contribution is -2.04. The lowest BCUT2D eigenvalue weighted by Gasteiger charge is -2.13. The molecule has 0 fully saturated rings. The number of halogens is 1. The molecule has 0 amide bonds. The van der Waals surface area contributed by atoms with Crippen LogP contribution < -0.4 is 10.5 Å². The minimum Gasteiger partial charge on any atom is -0.489 e. The number of nitrogens with two attached hydrogens (primary N) is 1. The number of aliphatic carboxylic acids is 1. The first-order valence-electron chi connectivity index (χ1n) is 9.47. The molecule has 0 unspecified atom stereocenters. The van der Waals surface area contributed by atoms with Gasteiger partial charge < -0.3 is 15.6 Å². The van der Waals surface area contributed by atoms with Crippen LogP contribution in [0.3, 0.4) is 0 Å². The number of benzene rings is 3. The molecule has 0 aliphatic carbocycles. The maximum atomic E-state index is 15.0. The summed E-state index contributed by atoms with van der Waals surface area (Å²) >= 11 is 1.56. The molecule has 1 heterocycles. The van der Waals surface area contributed by atoms with E-state index in [9.17, 15) is 9.18 Å². The molecule has 152 valence electrons. The highest BCUT2D eigenvalue weighted by Gasteiger charge is 2.15. The molecule has 0 bridgehead atoms. The summed E-state index contributed by atoms with van der Waals surface area (Å²) in [5.41, 5.74) is 8.95. The van der Waals surface area contributed by atoms with Crippen LogP contribution in [-0.4, -0.2) is 11.1 Å². The van der Waals surface area contributed by atoms with E-state index >= 15 is 0 Å². The van der Waals surface area contributed by atoms with Gasteiger partial charge in [0.25, 0.3) is 0 Å². The van der Waals surface area contributed by atoms with Crippen LogP contribution >= 0.6 is 11.3 Å². The summed E-state index contributed by atoms with van der Waals surface area (Å²) in [6.45, 7) is 0.379. The summed E-state index contributed by atoms with van der Waals surface area (Å²) in [5, 5.41) is 12.1. The number of hydrogen-bond acceptors (Lipinski definition) is 4. The summed E-state index contributed by atoms with van der Waals surface area (Å²) in [5.74, 6) is -0.689. The van der Waals surface area contributed by atoms with Crippen LogP contribution in [0.2, 0.25) is 0 Å². The molecule has 4 nitrogen and oxygen atoms in total. The first-order valence-corrected chi connectivity index (χ1v) is 10.3. The Hall–Kier alpha value is -3.22. The fourth-order valence-corrected chi connectivity index (χ4v) is 4.40. The van der Waals surface area contributed by atoms with E-state index in [1.54, 1.807) is 41.7 Å². The highest BCUT2D eigenvalue weighted by molar-refractivity contribution is 7.17. The van der Waals surface area contributed by atoms with Crippen LogP contribution in [0.15, 0.2) is 66.0 Å². The summed E-state index contributed by atoms with van der Waals surface area (Å²) in [4.78, 5) is 11.1. The molecule has 4 aromatic rings. The third kappa shape index (κ3) is 4.06. The average molecular weight is 421 g/mol. The Morgan fingerprint density at radius 3 is 2.63 bits per heavy atom. The average Bonchev–Trinajstić information content (AvgIpc) is 3.21. The highest BCUT2D eigenvalue weighted by atomic mass is 32.1. The molecule has 0 aliphatic rings. The van der Waals surface area contributed by atoms with E-state index in [0.29, 0.717) is 22.4 Å². The van der Waals surface area contributed by atoms with Gasteiger partial charge in [0.2, 0.25) is 0 Å². The first kappa shape index (κ1) is 20.1. The van der Waals surface area contributed by atoms with E-state index in [2.05, 4.69) is 0 Å². The maximum absolute atomic E-state index is 15.0. The zero-order valence-corrected chi connectivity index (χ0v) is 16.9. The van der Waals surface area contributed by atoms with Gasteiger partial charge in [0.1, 0.15) is 18.2 Å². The number of carbonyl (C=O) groups is 1. The maximum Gasteiger partial charge on any atom is 0.307 e. The van der Waals surface area contributed by atoms with Crippen molar-refractivity contribution in [3.8, 4) is 16.9 Å². The number of para-hydroxylation sites is 1. The van der Waals surface area contributed by atoms with Gasteiger partial charge in [-0.1, -0.05) is 36.4 Å². The lowest BCUT2D eigenvalue weighted by molar-refractivity contribution is -0.136. The summed E-state index contributed by atoms with van der Waals surface area (Å²) in [6, 6.07) is 18.3. The van der Waals surface area contributed by atoms with Gasteiger partial charge in [-0.05, 0) is 40.6 Å². The number of fused-ring (bicyclic) bond motifs is 1. The smallest absolute Gasteiger partial charge is 0.307 e. The van der Waals surface area contributed by atoms with Crippen LogP contribution in [0, 0.1) is 5.82 Å². The molecule has 3 N–H and O–H groups in total. The van der Waals surface area contributed by atoms with Gasteiger partial charge in [0.05, 0.1) is 6.42 Å². The monoisotopic (exact) mass is 421 g/mol. The van der Waals surface area contributed by atoms with Crippen LogP contribution in [0.5, 0.6) is 5.75 Å². The molecule has 0 aliphatic heterocycles. The van der Waals surface area contributed by atoms with E-state index in [0.717, 1.165) is 21.2 Å². The van der Waals surface area contributed by atoms with Crippen molar-refractivity contribution in [2.75, 3.05) is 0 Å². The normalized spacial score (nSPS) is 11.0. The Morgan fingerprint density at radius 2 is 1.83 bits per heavy atom. The molecule has 0 spiro atoms. The number of hydrogen-bond donors (Lipinski definition) is 2. The fourth-order valence-electron chi connectivity index (χ4n) is 3.49. The molecule has 0 atom stereocenters. The number of rotatable bonds is 7. The van der Waals surface area contributed by atoms with E-state index in [4.69, 9.17) is 15.6 Å². The third-order valence-corrected chi connectivity index (χ3v) is 5.87. The molecule has 30 heavy (non-hydrogen) atoms. The van der Waals surface area contributed by atoms with Crippen molar-refractivity contribution < 1.29 is 19.0 Å². The minimum absolute atomic E-state index is 0.109. The highest BCUT2D eigenvalue weighted by Crippen LogP contribution is 2.36. The summed E-state index contributed by atoms with van der Waals surface area (Å²) in [7, 11) is 0. The van der Waals surface area contributed by atoms with E-state index in [-0.39, 0.29) is 25.4 Å². The standard InChI is InChI=1S/C24H20FNO3S/c25-23-18(13-26)5-3-6-19(23)20-11-15(10-17-8-9-30-24(17)20)14-29-21-7-2-1-4-16(21)12-22(27)28/h1-11H,12-14,26H2,(H,27,28). The predicted octanol–water partition coefficient (Wildman–Crippen LogP) is 5.37. The molecule has 4 rings (SSSR count). The Labute approximate surface area is 177 Å². The SMILES string of the molecule is NCc1cccc(-c2cc(COc3ccccc3CC(=O)O)cc3ccsc23)c1F. The third-order valence-electron chi connectivity index (χ3n) is 4.91. The molecule has 0 saturated carbocycles. The Kier molecular flexibility index (Phi) is 5.79. The van der Waals surface area contributed by atoms with Crippen molar-refractivity contribution in [1.29, 1.82) is 0 Å². The first-order chi connectivity index (χ1) is 14.6.